The molecule has 144 valence electrons. The first-order chi connectivity index (χ1) is 12.7. The number of aliphatic imine (C=N–C) groups is 1. The molecule has 1 atom stereocenters. The van der Waals surface area contributed by atoms with Gasteiger partial charge in [-0.2, -0.15) is 0 Å². The summed E-state index contributed by atoms with van der Waals surface area (Å²) in [6.45, 7) is 7.90. The maximum absolute atomic E-state index is 5.28. The summed E-state index contributed by atoms with van der Waals surface area (Å²) in [4.78, 5) is 16.1. The van der Waals surface area contributed by atoms with Crippen molar-refractivity contribution in [3.63, 3.8) is 0 Å². The van der Waals surface area contributed by atoms with Gasteiger partial charge in [-0.3, -0.25) is 4.99 Å². The third-order valence-electron chi connectivity index (χ3n) is 5.29. The van der Waals surface area contributed by atoms with Crippen LogP contribution in [-0.4, -0.2) is 87.8 Å². The Labute approximate surface area is 157 Å². The molecule has 0 spiro atoms. The molecule has 2 fully saturated rings. The number of anilines is 1. The van der Waals surface area contributed by atoms with Crippen LogP contribution in [0.2, 0.25) is 0 Å². The van der Waals surface area contributed by atoms with Gasteiger partial charge >= 0.3 is 0 Å². The van der Waals surface area contributed by atoms with Crippen LogP contribution in [0.3, 0.4) is 0 Å². The summed E-state index contributed by atoms with van der Waals surface area (Å²) in [5.74, 6) is 2.64. The van der Waals surface area contributed by atoms with Crippen molar-refractivity contribution in [1.82, 2.24) is 20.1 Å². The lowest BCUT2D eigenvalue weighted by molar-refractivity contribution is 0.157. The smallest absolute Gasteiger partial charge is 0.193 e. The SMILES string of the molecule is CN=C(NCc1ccc(N2CCN(C)CC2)nc1)N1CCC(COC)C1. The second-order valence-electron chi connectivity index (χ2n) is 7.27. The summed E-state index contributed by atoms with van der Waals surface area (Å²) in [5.41, 5.74) is 1.18. The lowest BCUT2D eigenvalue weighted by atomic mass is 10.1. The molecule has 1 unspecified atom stereocenters. The topological polar surface area (TPSA) is 56.2 Å². The van der Waals surface area contributed by atoms with E-state index in [-0.39, 0.29) is 0 Å². The maximum atomic E-state index is 5.28. The third kappa shape index (κ3) is 4.86. The molecule has 0 saturated carbocycles. The quantitative estimate of drug-likeness (QED) is 0.621. The number of pyridine rings is 1. The van der Waals surface area contributed by atoms with Gasteiger partial charge in [0.1, 0.15) is 5.82 Å². The van der Waals surface area contributed by atoms with Crippen LogP contribution >= 0.6 is 0 Å². The van der Waals surface area contributed by atoms with Gasteiger partial charge in [-0.05, 0) is 25.1 Å². The minimum atomic E-state index is 0.600. The number of hydrogen-bond donors (Lipinski definition) is 1. The van der Waals surface area contributed by atoms with Crippen LogP contribution in [0.4, 0.5) is 5.82 Å². The number of likely N-dealkylation sites (tertiary alicyclic amines) is 1. The van der Waals surface area contributed by atoms with E-state index in [2.05, 4.69) is 49.2 Å². The van der Waals surface area contributed by atoms with Crippen LogP contribution in [0, 0.1) is 5.92 Å². The Bertz CT molecular complexity index is 582. The normalized spacial score (nSPS) is 22.1. The van der Waals surface area contributed by atoms with Crippen LogP contribution < -0.4 is 10.2 Å². The Morgan fingerprint density at radius 2 is 2.08 bits per heavy atom. The van der Waals surface area contributed by atoms with Crippen LogP contribution in [0.5, 0.6) is 0 Å². The molecule has 1 aromatic heterocycles. The van der Waals surface area contributed by atoms with E-state index in [9.17, 15) is 0 Å². The van der Waals surface area contributed by atoms with Gasteiger partial charge in [-0.25, -0.2) is 4.98 Å². The van der Waals surface area contributed by atoms with Gasteiger partial charge in [-0.15, -0.1) is 0 Å². The average Bonchev–Trinajstić information content (AvgIpc) is 3.12. The molecular weight excluding hydrogens is 328 g/mol. The van der Waals surface area contributed by atoms with Crippen molar-refractivity contribution < 1.29 is 4.74 Å². The third-order valence-corrected chi connectivity index (χ3v) is 5.29. The van der Waals surface area contributed by atoms with Crippen LogP contribution in [-0.2, 0) is 11.3 Å². The Morgan fingerprint density at radius 1 is 1.27 bits per heavy atom. The van der Waals surface area contributed by atoms with E-state index in [0.29, 0.717) is 5.92 Å². The summed E-state index contributed by atoms with van der Waals surface area (Å²) in [6.07, 6.45) is 3.14. The molecule has 1 N–H and O–H groups in total. The highest BCUT2D eigenvalue weighted by molar-refractivity contribution is 5.80. The Morgan fingerprint density at radius 3 is 2.73 bits per heavy atom. The lowest BCUT2D eigenvalue weighted by Gasteiger charge is -2.33. The van der Waals surface area contributed by atoms with E-state index in [4.69, 9.17) is 4.74 Å². The first kappa shape index (κ1) is 18.9. The highest BCUT2D eigenvalue weighted by Gasteiger charge is 2.24. The summed E-state index contributed by atoms with van der Waals surface area (Å²) in [5, 5.41) is 3.47. The Kier molecular flexibility index (Phi) is 6.68. The van der Waals surface area contributed by atoms with Crippen molar-refractivity contribution >= 4 is 11.8 Å². The predicted octanol–water partition coefficient (Wildman–Crippen LogP) is 0.877. The fourth-order valence-corrected chi connectivity index (χ4v) is 3.65. The molecule has 3 heterocycles. The van der Waals surface area contributed by atoms with Crippen molar-refractivity contribution in [2.45, 2.75) is 13.0 Å². The number of nitrogens with zero attached hydrogens (tertiary/aromatic N) is 5. The van der Waals surface area contributed by atoms with Crippen molar-refractivity contribution in [2.75, 3.05) is 72.0 Å². The molecule has 1 aromatic rings. The van der Waals surface area contributed by atoms with Crippen LogP contribution in [0.25, 0.3) is 0 Å². The summed E-state index contributed by atoms with van der Waals surface area (Å²) >= 11 is 0. The minimum Gasteiger partial charge on any atom is -0.384 e. The van der Waals surface area contributed by atoms with Crippen molar-refractivity contribution in [1.29, 1.82) is 0 Å². The monoisotopic (exact) mass is 360 g/mol. The van der Waals surface area contributed by atoms with Gasteiger partial charge in [-0.1, -0.05) is 6.07 Å². The van der Waals surface area contributed by atoms with E-state index in [1.807, 2.05) is 13.2 Å². The molecule has 2 saturated heterocycles. The standard InChI is InChI=1S/C19H32N6O/c1-20-19(25-7-6-17(14-25)15-26-3)22-13-16-4-5-18(21-12-16)24-10-8-23(2)9-11-24/h4-5,12,17H,6-11,13-15H2,1-3H3,(H,20,22). The van der Waals surface area contributed by atoms with Gasteiger partial charge in [0, 0.05) is 72.1 Å². The molecule has 0 amide bonds. The van der Waals surface area contributed by atoms with Crippen molar-refractivity contribution in [3.8, 4) is 0 Å². The number of methoxy groups -OCH3 is 1. The van der Waals surface area contributed by atoms with Crippen molar-refractivity contribution in [3.05, 3.63) is 23.9 Å². The number of rotatable bonds is 5. The van der Waals surface area contributed by atoms with E-state index >= 15 is 0 Å². The number of nitrogens with one attached hydrogen (secondary N) is 1. The molecule has 2 aliphatic heterocycles. The first-order valence-electron chi connectivity index (χ1n) is 9.52. The molecule has 7 nitrogen and oxygen atoms in total. The fourth-order valence-electron chi connectivity index (χ4n) is 3.65. The molecule has 0 aliphatic carbocycles. The number of likely N-dealkylation sites (N-methyl/N-ethyl adjacent to an activating group) is 1. The number of guanidine groups is 1. The molecule has 0 radical (unpaired) electrons. The number of piperazine rings is 1. The average molecular weight is 361 g/mol. The highest BCUT2D eigenvalue weighted by atomic mass is 16.5. The zero-order chi connectivity index (χ0) is 18.4. The second-order valence-corrected chi connectivity index (χ2v) is 7.27. The van der Waals surface area contributed by atoms with E-state index in [0.717, 1.165) is 70.6 Å². The van der Waals surface area contributed by atoms with E-state index < -0.39 is 0 Å². The molecule has 3 rings (SSSR count). The van der Waals surface area contributed by atoms with Gasteiger partial charge < -0.3 is 24.8 Å². The van der Waals surface area contributed by atoms with Crippen LogP contribution in [0.1, 0.15) is 12.0 Å². The molecular formula is C19H32N6O. The fraction of sp³-hybridized carbons (Fsp3) is 0.684. The highest BCUT2D eigenvalue weighted by Crippen LogP contribution is 2.17. The van der Waals surface area contributed by atoms with Gasteiger partial charge in [0.25, 0.3) is 0 Å². The minimum absolute atomic E-state index is 0.600. The molecule has 7 heteroatoms. The summed E-state index contributed by atoms with van der Waals surface area (Å²) in [6, 6.07) is 4.30. The zero-order valence-electron chi connectivity index (χ0n) is 16.3. The zero-order valence-corrected chi connectivity index (χ0v) is 16.3. The molecule has 26 heavy (non-hydrogen) atoms. The first-order valence-corrected chi connectivity index (χ1v) is 9.52. The van der Waals surface area contributed by atoms with Crippen molar-refractivity contribution in [2.24, 2.45) is 10.9 Å². The molecule has 0 aromatic carbocycles. The molecule has 0 bridgehead atoms. The Balaban J connectivity index is 1.49. The number of ether oxygens (including phenoxy) is 1. The maximum Gasteiger partial charge on any atom is 0.193 e. The number of aromatic nitrogens is 1. The summed E-state index contributed by atoms with van der Waals surface area (Å²) < 4.78 is 5.28. The largest absolute Gasteiger partial charge is 0.384 e. The summed E-state index contributed by atoms with van der Waals surface area (Å²) in [7, 11) is 5.79. The van der Waals surface area contributed by atoms with Gasteiger partial charge in [0.15, 0.2) is 5.96 Å². The van der Waals surface area contributed by atoms with Gasteiger partial charge in [0.2, 0.25) is 0 Å². The predicted molar refractivity (Wildman–Crippen MR) is 106 cm³/mol. The van der Waals surface area contributed by atoms with E-state index in [1.165, 1.54) is 5.56 Å². The molecule has 2 aliphatic rings. The Hall–Kier alpha value is -1.86. The lowest BCUT2D eigenvalue weighted by Crippen LogP contribution is -2.44. The van der Waals surface area contributed by atoms with Crippen LogP contribution in [0.15, 0.2) is 23.3 Å². The number of hydrogen-bond acceptors (Lipinski definition) is 5. The van der Waals surface area contributed by atoms with Gasteiger partial charge in [0.05, 0.1) is 6.61 Å². The second kappa shape index (κ2) is 9.19. The van der Waals surface area contributed by atoms with E-state index in [1.54, 1.807) is 7.11 Å².